The predicted molar refractivity (Wildman–Crippen MR) is 105 cm³/mol. The van der Waals surface area contributed by atoms with Gasteiger partial charge in [-0.3, -0.25) is 4.79 Å². The molecule has 0 atom stereocenters. The number of nitrogens with one attached hydrogen (secondary N) is 1. The highest BCUT2D eigenvalue weighted by atomic mass is 32.2. The average Bonchev–Trinajstić information content (AvgIpc) is 3.11. The molecule has 1 aliphatic rings. The minimum atomic E-state index is -3.59. The number of carbonyl (C=O) groups excluding carboxylic acids is 1. The standard InChI is InChI=1S/C20H24N2O4S/c1-3-20(23)22-13-11-16-14-18(8-9-19(16)22)27(24,25)21-12-10-15-4-6-17(26-2)7-5-15/h4-9,14,21H,3,10-13H2,1-2H3. The second-order valence-electron chi connectivity index (χ2n) is 6.44. The monoisotopic (exact) mass is 388 g/mol. The van der Waals surface area contributed by atoms with E-state index in [4.69, 9.17) is 4.74 Å². The summed E-state index contributed by atoms with van der Waals surface area (Å²) in [7, 11) is -1.98. The first-order valence-corrected chi connectivity index (χ1v) is 10.5. The van der Waals surface area contributed by atoms with Crippen LogP contribution in [0.2, 0.25) is 0 Å². The van der Waals surface area contributed by atoms with Crippen LogP contribution in [0.4, 0.5) is 5.69 Å². The molecule has 0 radical (unpaired) electrons. The van der Waals surface area contributed by atoms with Crippen LogP contribution in [0.1, 0.15) is 24.5 Å². The smallest absolute Gasteiger partial charge is 0.240 e. The predicted octanol–water partition coefficient (Wildman–Crippen LogP) is 2.52. The lowest BCUT2D eigenvalue weighted by atomic mass is 10.1. The second-order valence-corrected chi connectivity index (χ2v) is 8.20. The number of rotatable bonds is 7. The van der Waals surface area contributed by atoms with E-state index in [-0.39, 0.29) is 10.8 Å². The zero-order valence-corrected chi connectivity index (χ0v) is 16.4. The van der Waals surface area contributed by atoms with Crippen molar-refractivity contribution in [2.45, 2.75) is 31.1 Å². The number of hydrogen-bond donors (Lipinski definition) is 1. The maximum absolute atomic E-state index is 12.6. The number of amides is 1. The molecule has 2 aromatic carbocycles. The first-order valence-electron chi connectivity index (χ1n) is 9.00. The molecule has 6 nitrogen and oxygen atoms in total. The van der Waals surface area contributed by atoms with E-state index in [2.05, 4.69) is 4.72 Å². The molecule has 3 rings (SSSR count). The molecule has 144 valence electrons. The fraction of sp³-hybridized carbons (Fsp3) is 0.350. The average molecular weight is 388 g/mol. The first kappa shape index (κ1) is 19.4. The summed E-state index contributed by atoms with van der Waals surface area (Å²) in [6.07, 6.45) is 1.70. The Balaban J connectivity index is 1.65. The van der Waals surface area contributed by atoms with Crippen molar-refractivity contribution < 1.29 is 17.9 Å². The molecule has 1 amide bonds. The van der Waals surface area contributed by atoms with Crippen LogP contribution in [0, 0.1) is 0 Å². The molecule has 0 saturated heterocycles. The topological polar surface area (TPSA) is 75.7 Å². The molecule has 0 saturated carbocycles. The number of methoxy groups -OCH3 is 1. The lowest BCUT2D eigenvalue weighted by molar-refractivity contribution is -0.118. The maximum atomic E-state index is 12.6. The van der Waals surface area contributed by atoms with Crippen molar-refractivity contribution in [3.05, 3.63) is 53.6 Å². The van der Waals surface area contributed by atoms with Crippen molar-refractivity contribution in [2.75, 3.05) is 25.1 Å². The van der Waals surface area contributed by atoms with Gasteiger partial charge in [0.25, 0.3) is 0 Å². The molecule has 0 spiro atoms. The minimum absolute atomic E-state index is 0.0574. The summed E-state index contributed by atoms with van der Waals surface area (Å²) in [4.78, 5) is 13.9. The molecular weight excluding hydrogens is 364 g/mol. The van der Waals surface area contributed by atoms with Crippen molar-refractivity contribution in [1.29, 1.82) is 0 Å². The van der Waals surface area contributed by atoms with Crippen LogP contribution < -0.4 is 14.4 Å². The lowest BCUT2D eigenvalue weighted by Gasteiger charge is -2.16. The van der Waals surface area contributed by atoms with E-state index in [1.54, 1.807) is 30.2 Å². The Kier molecular flexibility index (Phi) is 5.82. The van der Waals surface area contributed by atoms with E-state index in [1.165, 1.54) is 0 Å². The van der Waals surface area contributed by atoms with Crippen molar-refractivity contribution in [3.8, 4) is 5.75 Å². The molecule has 7 heteroatoms. The summed E-state index contributed by atoms with van der Waals surface area (Å²) in [6, 6.07) is 12.5. The van der Waals surface area contributed by atoms with Gasteiger partial charge in [0.1, 0.15) is 5.75 Å². The Bertz CT molecular complexity index is 923. The summed E-state index contributed by atoms with van der Waals surface area (Å²) in [5.74, 6) is 0.829. The van der Waals surface area contributed by atoms with Crippen LogP contribution in [-0.2, 0) is 27.7 Å². The highest BCUT2D eigenvalue weighted by molar-refractivity contribution is 7.89. The van der Waals surface area contributed by atoms with Crippen molar-refractivity contribution in [1.82, 2.24) is 4.72 Å². The quantitative estimate of drug-likeness (QED) is 0.791. The molecule has 1 N–H and O–H groups in total. The minimum Gasteiger partial charge on any atom is -0.497 e. The normalized spacial score (nSPS) is 13.5. The van der Waals surface area contributed by atoms with Gasteiger partial charge in [0.15, 0.2) is 0 Å². The van der Waals surface area contributed by atoms with Gasteiger partial charge in [0.05, 0.1) is 12.0 Å². The summed E-state index contributed by atoms with van der Waals surface area (Å²) in [6.45, 7) is 2.74. The zero-order valence-electron chi connectivity index (χ0n) is 15.6. The van der Waals surface area contributed by atoms with E-state index in [1.807, 2.05) is 31.2 Å². The number of ether oxygens (including phenoxy) is 1. The number of benzene rings is 2. The third-order valence-corrected chi connectivity index (χ3v) is 6.18. The van der Waals surface area contributed by atoms with Gasteiger partial charge in [0.2, 0.25) is 15.9 Å². The number of anilines is 1. The molecule has 0 fully saturated rings. The maximum Gasteiger partial charge on any atom is 0.240 e. The largest absolute Gasteiger partial charge is 0.497 e. The molecule has 0 unspecified atom stereocenters. The Morgan fingerprint density at radius 1 is 1.19 bits per heavy atom. The summed E-state index contributed by atoms with van der Waals surface area (Å²) in [5, 5.41) is 0. The van der Waals surface area contributed by atoms with Crippen molar-refractivity contribution >= 4 is 21.6 Å². The highest BCUT2D eigenvalue weighted by Crippen LogP contribution is 2.30. The molecule has 0 aliphatic carbocycles. The van der Waals surface area contributed by atoms with E-state index >= 15 is 0 Å². The van der Waals surface area contributed by atoms with Crippen LogP contribution >= 0.6 is 0 Å². The van der Waals surface area contributed by atoms with Crippen LogP contribution in [0.25, 0.3) is 0 Å². The van der Waals surface area contributed by atoms with E-state index in [0.717, 1.165) is 22.6 Å². The number of sulfonamides is 1. The number of nitrogens with zero attached hydrogens (tertiary/aromatic N) is 1. The summed E-state index contributed by atoms with van der Waals surface area (Å²) >= 11 is 0. The Hall–Kier alpha value is -2.38. The molecule has 0 aromatic heterocycles. The Morgan fingerprint density at radius 2 is 1.93 bits per heavy atom. The van der Waals surface area contributed by atoms with Crippen LogP contribution in [0.3, 0.4) is 0 Å². The van der Waals surface area contributed by atoms with Gasteiger partial charge in [-0.2, -0.15) is 0 Å². The third-order valence-electron chi connectivity index (χ3n) is 4.73. The van der Waals surface area contributed by atoms with Gasteiger partial charge in [0, 0.05) is 25.2 Å². The summed E-state index contributed by atoms with van der Waals surface area (Å²) < 4.78 is 32.9. The molecule has 0 bridgehead atoms. The van der Waals surface area contributed by atoms with E-state index in [9.17, 15) is 13.2 Å². The number of carbonyl (C=O) groups is 1. The Morgan fingerprint density at radius 3 is 2.59 bits per heavy atom. The third kappa shape index (κ3) is 4.31. The van der Waals surface area contributed by atoms with E-state index < -0.39 is 10.0 Å². The van der Waals surface area contributed by atoms with Crippen LogP contribution in [0.5, 0.6) is 5.75 Å². The molecule has 1 aliphatic heterocycles. The Labute approximate surface area is 160 Å². The second kappa shape index (κ2) is 8.10. The van der Waals surface area contributed by atoms with Crippen molar-refractivity contribution in [2.24, 2.45) is 0 Å². The first-order chi connectivity index (χ1) is 12.9. The molecule has 1 heterocycles. The zero-order chi connectivity index (χ0) is 19.4. The molecule has 2 aromatic rings. The van der Waals surface area contributed by atoms with Crippen LogP contribution in [0.15, 0.2) is 47.4 Å². The summed E-state index contributed by atoms with van der Waals surface area (Å²) in [5.41, 5.74) is 2.75. The van der Waals surface area contributed by atoms with Gasteiger partial charge in [-0.05, 0) is 54.3 Å². The molecule has 27 heavy (non-hydrogen) atoms. The van der Waals surface area contributed by atoms with Crippen LogP contribution in [-0.4, -0.2) is 34.5 Å². The molecular formula is C20H24N2O4S. The van der Waals surface area contributed by atoms with Gasteiger partial charge in [-0.25, -0.2) is 13.1 Å². The van der Waals surface area contributed by atoms with E-state index in [0.29, 0.717) is 32.4 Å². The number of hydrogen-bond acceptors (Lipinski definition) is 4. The fourth-order valence-corrected chi connectivity index (χ4v) is 4.28. The van der Waals surface area contributed by atoms with Gasteiger partial charge >= 0.3 is 0 Å². The lowest BCUT2D eigenvalue weighted by Crippen LogP contribution is -2.28. The SMILES string of the molecule is CCC(=O)N1CCc2cc(S(=O)(=O)NCCc3ccc(OC)cc3)ccc21. The van der Waals surface area contributed by atoms with Gasteiger partial charge in [-0.1, -0.05) is 19.1 Å². The van der Waals surface area contributed by atoms with Crippen molar-refractivity contribution in [3.63, 3.8) is 0 Å². The fourth-order valence-electron chi connectivity index (χ4n) is 3.20. The van der Waals surface area contributed by atoms with Gasteiger partial charge < -0.3 is 9.64 Å². The number of fused-ring (bicyclic) bond motifs is 1. The van der Waals surface area contributed by atoms with Gasteiger partial charge in [-0.15, -0.1) is 0 Å². The highest BCUT2D eigenvalue weighted by Gasteiger charge is 2.25.